The third-order valence-electron chi connectivity index (χ3n) is 4.21. The summed E-state index contributed by atoms with van der Waals surface area (Å²) in [7, 11) is 0. The SMILES string of the molecule is CC(C)NC(=NC(CN1CCCC1=O)c1ccccc1)c1cccs1.Cl. The summed E-state index contributed by atoms with van der Waals surface area (Å²) in [6.45, 7) is 5.70. The minimum absolute atomic E-state index is 0. The summed E-state index contributed by atoms with van der Waals surface area (Å²) in [4.78, 5) is 20.2. The van der Waals surface area contributed by atoms with Gasteiger partial charge in [0.2, 0.25) is 5.91 Å². The van der Waals surface area contributed by atoms with Crippen molar-refractivity contribution < 1.29 is 4.79 Å². The van der Waals surface area contributed by atoms with Gasteiger partial charge in [-0.05, 0) is 37.3 Å². The van der Waals surface area contributed by atoms with Gasteiger partial charge in [-0.25, -0.2) is 0 Å². The minimum Gasteiger partial charge on any atom is -0.367 e. The highest BCUT2D eigenvalue weighted by atomic mass is 35.5. The van der Waals surface area contributed by atoms with Crippen LogP contribution in [0.2, 0.25) is 0 Å². The Labute approximate surface area is 165 Å². The van der Waals surface area contributed by atoms with Crippen LogP contribution in [0, 0.1) is 0 Å². The van der Waals surface area contributed by atoms with Crippen molar-refractivity contribution in [1.82, 2.24) is 10.2 Å². The van der Waals surface area contributed by atoms with E-state index in [1.807, 2.05) is 29.2 Å². The Bertz CT molecular complexity index is 716. The maximum Gasteiger partial charge on any atom is 0.222 e. The van der Waals surface area contributed by atoms with Crippen LogP contribution in [0.3, 0.4) is 0 Å². The van der Waals surface area contributed by atoms with Crippen molar-refractivity contribution in [3.63, 3.8) is 0 Å². The zero-order chi connectivity index (χ0) is 17.6. The van der Waals surface area contributed by atoms with Gasteiger partial charge in [0.15, 0.2) is 0 Å². The predicted octanol–water partition coefficient (Wildman–Crippen LogP) is 4.28. The number of halogens is 1. The van der Waals surface area contributed by atoms with Gasteiger partial charge in [-0.1, -0.05) is 36.4 Å². The molecule has 140 valence electrons. The van der Waals surface area contributed by atoms with Gasteiger partial charge < -0.3 is 10.2 Å². The maximum atomic E-state index is 12.1. The van der Waals surface area contributed by atoms with E-state index >= 15 is 0 Å². The number of amidine groups is 1. The van der Waals surface area contributed by atoms with E-state index in [1.165, 1.54) is 0 Å². The summed E-state index contributed by atoms with van der Waals surface area (Å²) in [5.41, 5.74) is 1.14. The molecule has 3 rings (SSSR count). The van der Waals surface area contributed by atoms with Gasteiger partial charge in [0.25, 0.3) is 0 Å². The van der Waals surface area contributed by atoms with Gasteiger partial charge in [0, 0.05) is 25.6 Å². The fourth-order valence-corrected chi connectivity index (χ4v) is 3.70. The van der Waals surface area contributed by atoms with Crippen molar-refractivity contribution in [2.24, 2.45) is 4.99 Å². The molecule has 26 heavy (non-hydrogen) atoms. The van der Waals surface area contributed by atoms with E-state index in [0.29, 0.717) is 19.0 Å². The molecule has 1 aliphatic heterocycles. The lowest BCUT2D eigenvalue weighted by Crippen LogP contribution is -2.33. The Morgan fingerprint density at radius 3 is 2.58 bits per heavy atom. The molecule has 4 nitrogen and oxygen atoms in total. The van der Waals surface area contributed by atoms with E-state index in [9.17, 15) is 4.79 Å². The number of rotatable bonds is 6. The molecule has 1 amide bonds. The number of carbonyl (C=O) groups is 1. The summed E-state index contributed by atoms with van der Waals surface area (Å²) < 4.78 is 0. The Kier molecular flexibility index (Phi) is 7.66. The molecular formula is C20H26ClN3OS. The van der Waals surface area contributed by atoms with Gasteiger partial charge in [-0.15, -0.1) is 23.7 Å². The molecule has 0 bridgehead atoms. The molecular weight excluding hydrogens is 366 g/mol. The summed E-state index contributed by atoms with van der Waals surface area (Å²) in [6, 6.07) is 14.6. The molecule has 0 saturated carbocycles. The van der Waals surface area contributed by atoms with Gasteiger partial charge >= 0.3 is 0 Å². The standard InChI is InChI=1S/C20H25N3OS.ClH/c1-15(2)21-20(18-10-7-13-25-18)22-17(16-8-4-3-5-9-16)14-23-12-6-11-19(23)24;/h3-5,7-10,13,15,17H,6,11-12,14H2,1-2H3,(H,21,22);1H. The van der Waals surface area contributed by atoms with E-state index < -0.39 is 0 Å². The number of likely N-dealkylation sites (tertiary alicyclic amines) is 1. The fraction of sp³-hybridized carbons (Fsp3) is 0.400. The summed E-state index contributed by atoms with van der Waals surface area (Å²) >= 11 is 1.68. The van der Waals surface area contributed by atoms with Crippen molar-refractivity contribution in [2.75, 3.05) is 13.1 Å². The highest BCUT2D eigenvalue weighted by molar-refractivity contribution is 7.12. The average molecular weight is 392 g/mol. The van der Waals surface area contributed by atoms with Crippen LogP contribution in [0.5, 0.6) is 0 Å². The predicted molar refractivity (Wildman–Crippen MR) is 111 cm³/mol. The topological polar surface area (TPSA) is 44.7 Å². The molecule has 1 fully saturated rings. The lowest BCUT2D eigenvalue weighted by atomic mass is 10.1. The van der Waals surface area contributed by atoms with Gasteiger partial charge in [0.05, 0.1) is 10.9 Å². The molecule has 1 unspecified atom stereocenters. The summed E-state index contributed by atoms with van der Waals surface area (Å²) in [6.07, 6.45) is 1.61. The molecule has 6 heteroatoms. The van der Waals surface area contributed by atoms with Crippen LogP contribution >= 0.6 is 23.7 Å². The first-order valence-electron chi connectivity index (χ1n) is 8.84. The van der Waals surface area contributed by atoms with Crippen LogP contribution < -0.4 is 5.32 Å². The van der Waals surface area contributed by atoms with E-state index in [-0.39, 0.29) is 24.4 Å². The first kappa shape index (κ1) is 20.5. The van der Waals surface area contributed by atoms with Gasteiger partial charge in [-0.2, -0.15) is 0 Å². The lowest BCUT2D eigenvalue weighted by Gasteiger charge is -2.23. The van der Waals surface area contributed by atoms with Crippen LogP contribution in [0.1, 0.15) is 43.2 Å². The van der Waals surface area contributed by atoms with E-state index in [0.717, 1.165) is 29.2 Å². The number of thiophene rings is 1. The van der Waals surface area contributed by atoms with E-state index in [1.54, 1.807) is 11.3 Å². The van der Waals surface area contributed by atoms with Crippen molar-refractivity contribution in [1.29, 1.82) is 0 Å². The van der Waals surface area contributed by atoms with Crippen LogP contribution in [0.4, 0.5) is 0 Å². The highest BCUT2D eigenvalue weighted by Gasteiger charge is 2.24. The molecule has 1 aromatic heterocycles. The fourth-order valence-electron chi connectivity index (χ4n) is 3.02. The van der Waals surface area contributed by atoms with Gasteiger partial charge in [0.1, 0.15) is 5.84 Å². The third-order valence-corrected chi connectivity index (χ3v) is 5.09. The second kappa shape index (κ2) is 9.74. The van der Waals surface area contributed by atoms with Crippen molar-refractivity contribution in [2.45, 2.75) is 38.8 Å². The summed E-state index contributed by atoms with van der Waals surface area (Å²) in [5, 5.41) is 5.54. The Balaban J connectivity index is 0.00000243. The first-order valence-corrected chi connectivity index (χ1v) is 9.72. The molecule has 1 saturated heterocycles. The maximum absolute atomic E-state index is 12.1. The van der Waals surface area contributed by atoms with Gasteiger partial charge in [-0.3, -0.25) is 9.79 Å². The zero-order valence-corrected chi connectivity index (χ0v) is 16.9. The van der Waals surface area contributed by atoms with Crippen molar-refractivity contribution in [3.05, 3.63) is 58.3 Å². The monoisotopic (exact) mass is 391 g/mol. The molecule has 1 atom stereocenters. The second-order valence-corrected chi connectivity index (χ2v) is 7.57. The van der Waals surface area contributed by atoms with E-state index in [2.05, 4.69) is 42.7 Å². The number of hydrogen-bond acceptors (Lipinski definition) is 3. The number of nitrogens with zero attached hydrogens (tertiary/aromatic N) is 2. The van der Waals surface area contributed by atoms with Crippen LogP contribution in [-0.4, -0.2) is 35.8 Å². The molecule has 2 aromatic rings. The van der Waals surface area contributed by atoms with E-state index in [4.69, 9.17) is 4.99 Å². The minimum atomic E-state index is -0.0633. The van der Waals surface area contributed by atoms with Crippen LogP contribution in [0.15, 0.2) is 52.8 Å². The smallest absolute Gasteiger partial charge is 0.222 e. The number of benzene rings is 1. The van der Waals surface area contributed by atoms with Crippen molar-refractivity contribution >= 4 is 35.5 Å². The Morgan fingerprint density at radius 2 is 2.00 bits per heavy atom. The third kappa shape index (κ3) is 5.32. The number of hydrogen-bond donors (Lipinski definition) is 1. The number of aliphatic imine (C=N–C) groups is 1. The molecule has 0 radical (unpaired) electrons. The van der Waals surface area contributed by atoms with Crippen molar-refractivity contribution in [3.8, 4) is 0 Å². The van der Waals surface area contributed by atoms with Crippen LogP contribution in [0.25, 0.3) is 0 Å². The largest absolute Gasteiger partial charge is 0.367 e. The molecule has 2 heterocycles. The number of nitrogens with one attached hydrogen (secondary N) is 1. The number of amides is 1. The Hall–Kier alpha value is -1.85. The summed E-state index contributed by atoms with van der Waals surface area (Å²) in [5.74, 6) is 1.15. The first-order chi connectivity index (χ1) is 12.1. The molecule has 0 aliphatic carbocycles. The zero-order valence-electron chi connectivity index (χ0n) is 15.2. The molecule has 1 aliphatic rings. The number of carbonyl (C=O) groups excluding carboxylic acids is 1. The molecule has 0 spiro atoms. The average Bonchev–Trinajstić information content (AvgIpc) is 3.26. The highest BCUT2D eigenvalue weighted by Crippen LogP contribution is 2.23. The molecule has 1 aromatic carbocycles. The second-order valence-electron chi connectivity index (χ2n) is 6.62. The molecule has 1 N–H and O–H groups in total. The Morgan fingerprint density at radius 1 is 1.23 bits per heavy atom. The quantitative estimate of drug-likeness (QED) is 0.590. The normalized spacial score (nSPS) is 15.9. The lowest BCUT2D eigenvalue weighted by molar-refractivity contribution is -0.127. The van der Waals surface area contributed by atoms with Crippen LogP contribution in [-0.2, 0) is 4.79 Å².